The van der Waals surface area contributed by atoms with Crippen LogP contribution >= 0.6 is 11.3 Å². The predicted octanol–water partition coefficient (Wildman–Crippen LogP) is 18.7. The second kappa shape index (κ2) is 16.8. The van der Waals surface area contributed by atoms with E-state index in [0.717, 1.165) is 94.1 Å². The second-order valence-corrected chi connectivity index (χ2v) is 20.5. The third-order valence-corrected chi connectivity index (χ3v) is 16.3. The van der Waals surface area contributed by atoms with E-state index in [2.05, 4.69) is 215 Å². The second-order valence-electron chi connectivity index (χ2n) is 19.4. The van der Waals surface area contributed by atoms with Gasteiger partial charge in [-0.2, -0.15) is 0 Å². The summed E-state index contributed by atoms with van der Waals surface area (Å²) in [6, 6.07) is 88.6. The van der Waals surface area contributed by atoms with E-state index < -0.39 is 0 Å². The summed E-state index contributed by atoms with van der Waals surface area (Å²) in [5, 5.41) is 9.24. The molecule has 0 aliphatic carbocycles. The van der Waals surface area contributed by atoms with Gasteiger partial charge in [-0.15, -0.1) is 11.3 Å². The molecule has 76 heavy (non-hydrogen) atoms. The van der Waals surface area contributed by atoms with Gasteiger partial charge >= 0.3 is 0 Å². The zero-order valence-electron chi connectivity index (χ0n) is 40.7. The van der Waals surface area contributed by atoms with Gasteiger partial charge in [0.15, 0.2) is 17.5 Å². The molecule has 0 N–H and O–H groups in total. The fourth-order valence-electron chi connectivity index (χ4n) is 11.8. The van der Waals surface area contributed by atoms with Gasteiger partial charge in [0.25, 0.3) is 0 Å². The fraction of sp³-hybridized carbons (Fsp3) is 0. The quantitative estimate of drug-likeness (QED) is 0.160. The lowest BCUT2D eigenvalue weighted by molar-refractivity contribution is 0.669. The third kappa shape index (κ3) is 6.49. The Morgan fingerprint density at radius 1 is 0.329 bits per heavy atom. The molecule has 354 valence electrons. The molecule has 0 aliphatic heterocycles. The Morgan fingerprint density at radius 3 is 1.64 bits per heavy atom. The van der Waals surface area contributed by atoms with Crippen LogP contribution in [0.2, 0.25) is 0 Å². The highest BCUT2D eigenvalue weighted by atomic mass is 32.1. The Bertz CT molecular complexity index is 4980. The molecule has 0 unspecified atom stereocenters. The molecule has 0 aliphatic rings. The third-order valence-electron chi connectivity index (χ3n) is 15.2. The molecular weight excluding hydrogens is 947 g/mol. The first-order chi connectivity index (χ1) is 37.7. The zero-order valence-corrected chi connectivity index (χ0v) is 41.5. The molecule has 0 fully saturated rings. The minimum Gasteiger partial charge on any atom is -0.455 e. The molecule has 0 spiro atoms. The number of hydrogen-bond donors (Lipinski definition) is 0. The van der Waals surface area contributed by atoms with Crippen molar-refractivity contribution in [3.05, 3.63) is 249 Å². The molecule has 5 aromatic heterocycles. The van der Waals surface area contributed by atoms with Gasteiger partial charge in [-0.05, 0) is 83.4 Å². The number of furan rings is 1. The SMILES string of the molecule is c1ccc(-c2ccc(-c3nc(-c4ccccc4)nc(-c4ccc(-n5c6ccccc6c6c5c(-c5ccc7sc8ccccc8c7c5)cc5c7ccccc7n(-c7ccccc7)c56)c5c4oc4ccccc45)n3)cc2)cc1. The topological polar surface area (TPSA) is 61.7 Å². The molecule has 0 saturated heterocycles. The van der Waals surface area contributed by atoms with Crippen molar-refractivity contribution in [1.29, 1.82) is 0 Å². The smallest absolute Gasteiger partial charge is 0.167 e. The van der Waals surface area contributed by atoms with E-state index in [1.54, 1.807) is 0 Å². The Morgan fingerprint density at radius 2 is 0.882 bits per heavy atom. The summed E-state index contributed by atoms with van der Waals surface area (Å²) in [5.74, 6) is 1.69. The van der Waals surface area contributed by atoms with Gasteiger partial charge in [-0.1, -0.05) is 182 Å². The van der Waals surface area contributed by atoms with Gasteiger partial charge in [0, 0.05) is 69.5 Å². The Labute approximate surface area is 439 Å². The van der Waals surface area contributed by atoms with Crippen LogP contribution in [0.15, 0.2) is 253 Å². The van der Waals surface area contributed by atoms with Crippen molar-refractivity contribution in [2.24, 2.45) is 0 Å². The number of nitrogens with zero attached hydrogens (tertiary/aromatic N) is 5. The van der Waals surface area contributed by atoms with Crippen molar-refractivity contribution in [3.8, 4) is 67.8 Å². The molecule has 5 heterocycles. The molecule has 0 saturated carbocycles. The van der Waals surface area contributed by atoms with Crippen LogP contribution in [0.1, 0.15) is 0 Å². The lowest BCUT2D eigenvalue weighted by Gasteiger charge is -2.16. The molecular formula is C69H41N5OS. The largest absolute Gasteiger partial charge is 0.455 e. The molecule has 0 amide bonds. The number of thiophene rings is 1. The molecule has 0 bridgehead atoms. The number of para-hydroxylation sites is 4. The summed E-state index contributed by atoms with van der Waals surface area (Å²) in [7, 11) is 0. The van der Waals surface area contributed by atoms with E-state index >= 15 is 0 Å². The number of fused-ring (bicyclic) bond motifs is 13. The summed E-state index contributed by atoms with van der Waals surface area (Å²) in [5.41, 5.74) is 15.2. The molecule has 11 aromatic carbocycles. The van der Waals surface area contributed by atoms with Crippen LogP contribution in [-0.4, -0.2) is 24.1 Å². The average Bonchev–Trinajstić information content (AvgIpc) is 4.44. The van der Waals surface area contributed by atoms with E-state index in [1.807, 2.05) is 53.8 Å². The number of rotatable bonds is 7. The molecule has 16 rings (SSSR count). The summed E-state index contributed by atoms with van der Waals surface area (Å²) in [6.07, 6.45) is 0. The van der Waals surface area contributed by atoms with E-state index in [1.165, 1.54) is 36.3 Å². The highest BCUT2D eigenvalue weighted by Crippen LogP contribution is 2.49. The number of benzene rings is 11. The van der Waals surface area contributed by atoms with E-state index in [-0.39, 0.29) is 0 Å². The van der Waals surface area contributed by atoms with Crippen LogP contribution in [0, 0.1) is 0 Å². The summed E-state index contributed by atoms with van der Waals surface area (Å²) in [4.78, 5) is 15.7. The lowest BCUT2D eigenvalue weighted by atomic mass is 9.96. The van der Waals surface area contributed by atoms with Crippen LogP contribution in [0.3, 0.4) is 0 Å². The minimum atomic E-state index is 0.528. The molecule has 7 heteroatoms. The average molecular weight is 988 g/mol. The number of aromatic nitrogens is 5. The normalized spacial score (nSPS) is 11.9. The van der Waals surface area contributed by atoms with Gasteiger partial charge in [-0.25, -0.2) is 15.0 Å². The summed E-state index contributed by atoms with van der Waals surface area (Å²) >= 11 is 1.85. The summed E-state index contributed by atoms with van der Waals surface area (Å²) in [6.45, 7) is 0. The maximum absolute atomic E-state index is 7.12. The molecule has 0 radical (unpaired) electrons. The first-order valence-corrected chi connectivity index (χ1v) is 26.4. The summed E-state index contributed by atoms with van der Waals surface area (Å²) < 4.78 is 14.6. The van der Waals surface area contributed by atoms with Crippen molar-refractivity contribution in [3.63, 3.8) is 0 Å². The first kappa shape index (κ1) is 42.5. The van der Waals surface area contributed by atoms with Gasteiger partial charge in [-0.3, -0.25) is 0 Å². The van der Waals surface area contributed by atoms with Gasteiger partial charge in [0.05, 0.1) is 38.7 Å². The van der Waals surface area contributed by atoms with Crippen LogP contribution in [0.5, 0.6) is 0 Å². The van der Waals surface area contributed by atoms with Crippen LogP contribution in [0.25, 0.3) is 154 Å². The highest BCUT2D eigenvalue weighted by Gasteiger charge is 2.28. The van der Waals surface area contributed by atoms with Crippen molar-refractivity contribution in [2.75, 3.05) is 0 Å². The fourth-order valence-corrected chi connectivity index (χ4v) is 12.9. The highest BCUT2D eigenvalue weighted by molar-refractivity contribution is 7.25. The standard InChI is InChI=1S/C69H41N5OS/c1-4-18-42(19-5-1)43-32-34-45(35-33-43)68-70-67(44-20-6-2-7-21-44)71-69(72-68)52-37-38-58(62-51-27-12-16-30-59(51)75-66(52)62)74-57-29-15-11-26-50(57)63-64(74)53(46-36-39-61-54(40-46)49-25-13-17-31-60(49)76-61)41-55-48-24-10-14-28-56(48)73(65(55)63)47-22-8-3-9-23-47/h1-41H. The van der Waals surface area contributed by atoms with Gasteiger partial charge in [0.1, 0.15) is 11.2 Å². The van der Waals surface area contributed by atoms with Crippen molar-refractivity contribution in [2.45, 2.75) is 0 Å². The van der Waals surface area contributed by atoms with Crippen LogP contribution < -0.4 is 0 Å². The Kier molecular flexibility index (Phi) is 9.40. The van der Waals surface area contributed by atoms with Crippen molar-refractivity contribution in [1.82, 2.24) is 24.1 Å². The predicted molar refractivity (Wildman–Crippen MR) is 316 cm³/mol. The Balaban J connectivity index is 1.01. The van der Waals surface area contributed by atoms with E-state index in [9.17, 15) is 0 Å². The molecule has 6 nitrogen and oxygen atoms in total. The first-order valence-electron chi connectivity index (χ1n) is 25.6. The Hall–Kier alpha value is -9.95. The van der Waals surface area contributed by atoms with Crippen molar-refractivity contribution >= 4 is 97.1 Å². The monoisotopic (exact) mass is 987 g/mol. The van der Waals surface area contributed by atoms with Gasteiger partial charge < -0.3 is 13.6 Å². The maximum Gasteiger partial charge on any atom is 0.167 e. The van der Waals surface area contributed by atoms with E-state index in [0.29, 0.717) is 23.1 Å². The maximum atomic E-state index is 7.12. The van der Waals surface area contributed by atoms with E-state index in [4.69, 9.17) is 19.4 Å². The molecule has 0 atom stereocenters. The number of hydrogen-bond acceptors (Lipinski definition) is 5. The van der Waals surface area contributed by atoms with Crippen LogP contribution in [-0.2, 0) is 0 Å². The lowest BCUT2D eigenvalue weighted by Crippen LogP contribution is -2.01. The van der Waals surface area contributed by atoms with Crippen molar-refractivity contribution < 1.29 is 4.42 Å². The van der Waals surface area contributed by atoms with Gasteiger partial charge in [0.2, 0.25) is 0 Å². The minimum absolute atomic E-state index is 0.528. The van der Waals surface area contributed by atoms with Crippen LogP contribution in [0.4, 0.5) is 0 Å². The molecule has 16 aromatic rings. The zero-order chi connectivity index (χ0) is 49.8.